The maximum atomic E-state index is 5.61. The van der Waals surface area contributed by atoms with Crippen molar-refractivity contribution in [1.82, 2.24) is 0 Å². The summed E-state index contributed by atoms with van der Waals surface area (Å²) in [5, 5.41) is 1.03. The molecule has 0 aromatic heterocycles. The molecular weight excluding hydrogens is 170 g/mol. The van der Waals surface area contributed by atoms with Gasteiger partial charge in [-0.3, -0.25) is 0 Å². The number of benzene rings is 1. The van der Waals surface area contributed by atoms with Crippen molar-refractivity contribution >= 4 is 20.2 Å². The highest BCUT2D eigenvalue weighted by Gasteiger charge is 2.14. The Bertz CT molecular complexity index is 251. The minimum atomic E-state index is -1.30. The summed E-state index contributed by atoms with van der Waals surface area (Å²) in [6, 6.07) is 7.57. The van der Waals surface area contributed by atoms with E-state index in [-0.39, 0.29) is 0 Å². The summed E-state index contributed by atoms with van der Waals surface area (Å²) in [6.07, 6.45) is 0. The average Bonchev–Trinajstić information content (AvgIpc) is 2.07. The van der Waals surface area contributed by atoms with Crippen LogP contribution in [0.3, 0.4) is 0 Å². The van der Waals surface area contributed by atoms with Crippen molar-refractivity contribution in [2.45, 2.75) is 0 Å². The molecule has 0 saturated carbocycles. The van der Waals surface area contributed by atoms with Crippen LogP contribution in [0.4, 0.5) is 5.69 Å². The number of nitrogens with two attached hydrogens (primary N) is 1. The van der Waals surface area contributed by atoms with Crippen LogP contribution >= 0.6 is 0 Å². The Hall–Kier alpha value is -0.843. The summed E-state index contributed by atoms with van der Waals surface area (Å²) in [4.78, 5) is 0. The SMILES string of the molecule is CO[Si](OC)c1cccc(N)c1. The quantitative estimate of drug-likeness (QED) is 0.538. The van der Waals surface area contributed by atoms with Gasteiger partial charge in [0.1, 0.15) is 0 Å². The van der Waals surface area contributed by atoms with Gasteiger partial charge in [-0.05, 0) is 17.3 Å². The van der Waals surface area contributed by atoms with Crippen molar-refractivity contribution in [3.05, 3.63) is 24.3 Å². The summed E-state index contributed by atoms with van der Waals surface area (Å²) in [5.74, 6) is 0. The third kappa shape index (κ3) is 2.07. The van der Waals surface area contributed by atoms with E-state index in [0.717, 1.165) is 10.9 Å². The second kappa shape index (κ2) is 4.25. The molecule has 0 saturated heterocycles. The molecule has 0 aliphatic carbocycles. The van der Waals surface area contributed by atoms with Crippen molar-refractivity contribution in [1.29, 1.82) is 0 Å². The zero-order valence-corrected chi connectivity index (χ0v) is 8.20. The molecule has 1 aromatic carbocycles. The van der Waals surface area contributed by atoms with Crippen molar-refractivity contribution in [3.63, 3.8) is 0 Å². The summed E-state index contributed by atoms with van der Waals surface area (Å²) in [6.45, 7) is 0. The lowest BCUT2D eigenvalue weighted by Gasteiger charge is -2.09. The number of anilines is 1. The van der Waals surface area contributed by atoms with Gasteiger partial charge in [0.05, 0.1) is 0 Å². The standard InChI is InChI=1S/C8H12NO2Si/c1-10-12(11-2)8-5-3-4-7(9)6-8/h3-6H,9H2,1-2H3. The Morgan fingerprint density at radius 3 is 2.42 bits per heavy atom. The molecule has 65 valence electrons. The molecule has 3 nitrogen and oxygen atoms in total. The van der Waals surface area contributed by atoms with Gasteiger partial charge in [-0.25, -0.2) is 0 Å². The molecule has 0 unspecified atom stereocenters. The van der Waals surface area contributed by atoms with E-state index < -0.39 is 9.28 Å². The molecular formula is C8H12NO2Si. The van der Waals surface area contributed by atoms with Crippen LogP contribution in [-0.2, 0) is 8.85 Å². The monoisotopic (exact) mass is 182 g/mol. The van der Waals surface area contributed by atoms with Crippen LogP contribution in [0.5, 0.6) is 0 Å². The van der Waals surface area contributed by atoms with Crippen LogP contribution in [0.15, 0.2) is 24.3 Å². The lowest BCUT2D eigenvalue weighted by molar-refractivity contribution is 0.292. The van der Waals surface area contributed by atoms with Crippen LogP contribution in [0.2, 0.25) is 0 Å². The van der Waals surface area contributed by atoms with Gasteiger partial charge in [-0.2, -0.15) is 0 Å². The largest absolute Gasteiger partial charge is 0.423 e. The summed E-state index contributed by atoms with van der Waals surface area (Å²) >= 11 is 0. The molecule has 12 heavy (non-hydrogen) atoms. The first-order valence-corrected chi connectivity index (χ1v) is 4.90. The van der Waals surface area contributed by atoms with Crippen molar-refractivity contribution < 1.29 is 8.85 Å². The third-order valence-corrected chi connectivity index (χ3v) is 3.02. The molecule has 2 N–H and O–H groups in total. The van der Waals surface area contributed by atoms with Gasteiger partial charge in [0.25, 0.3) is 0 Å². The molecule has 1 rings (SSSR count). The van der Waals surface area contributed by atoms with Crippen molar-refractivity contribution in [3.8, 4) is 0 Å². The second-order valence-corrected chi connectivity index (χ2v) is 4.29. The molecule has 1 radical (unpaired) electrons. The maximum Gasteiger partial charge on any atom is 0.423 e. The first-order chi connectivity index (χ1) is 5.77. The molecule has 0 aliphatic heterocycles. The predicted molar refractivity (Wildman–Crippen MR) is 50.3 cm³/mol. The minimum Gasteiger partial charge on any atom is -0.399 e. The zero-order chi connectivity index (χ0) is 8.97. The van der Waals surface area contributed by atoms with Gasteiger partial charge < -0.3 is 14.6 Å². The number of hydrogen-bond donors (Lipinski definition) is 1. The topological polar surface area (TPSA) is 44.5 Å². The molecule has 4 heteroatoms. The molecule has 0 fully saturated rings. The van der Waals surface area contributed by atoms with Gasteiger partial charge in [0, 0.05) is 19.9 Å². The van der Waals surface area contributed by atoms with Gasteiger partial charge in [0.15, 0.2) is 0 Å². The predicted octanol–water partition coefficient (Wildman–Crippen LogP) is 0.257. The van der Waals surface area contributed by atoms with Gasteiger partial charge >= 0.3 is 9.28 Å². The first kappa shape index (κ1) is 9.25. The normalized spacial score (nSPS) is 10.6. The van der Waals surface area contributed by atoms with E-state index in [1.165, 1.54) is 0 Å². The fraction of sp³-hybridized carbons (Fsp3) is 0.250. The smallest absolute Gasteiger partial charge is 0.399 e. The van der Waals surface area contributed by atoms with Crippen LogP contribution in [0, 0.1) is 0 Å². The first-order valence-electron chi connectivity index (χ1n) is 3.58. The van der Waals surface area contributed by atoms with Crippen LogP contribution in [-0.4, -0.2) is 23.5 Å². The Morgan fingerprint density at radius 2 is 1.92 bits per heavy atom. The molecule has 0 atom stereocenters. The maximum absolute atomic E-state index is 5.61. The van der Waals surface area contributed by atoms with Gasteiger partial charge in [0.2, 0.25) is 0 Å². The summed E-state index contributed by atoms with van der Waals surface area (Å²) in [7, 11) is 1.98. The second-order valence-electron chi connectivity index (χ2n) is 2.32. The number of nitrogen functional groups attached to an aromatic ring is 1. The fourth-order valence-corrected chi connectivity index (χ4v) is 2.14. The lowest BCUT2D eigenvalue weighted by Crippen LogP contribution is -2.34. The third-order valence-electron chi connectivity index (χ3n) is 1.49. The molecule has 1 aromatic rings. The van der Waals surface area contributed by atoms with Crippen LogP contribution in [0.1, 0.15) is 0 Å². The van der Waals surface area contributed by atoms with Crippen molar-refractivity contribution in [2.24, 2.45) is 0 Å². The highest BCUT2D eigenvalue weighted by molar-refractivity contribution is 6.61. The lowest BCUT2D eigenvalue weighted by atomic mass is 10.3. The van der Waals surface area contributed by atoms with E-state index in [9.17, 15) is 0 Å². The molecule has 0 heterocycles. The van der Waals surface area contributed by atoms with Crippen LogP contribution in [0.25, 0.3) is 0 Å². The van der Waals surface area contributed by atoms with E-state index in [1.807, 2.05) is 24.3 Å². The Labute approximate surface area is 74.0 Å². The van der Waals surface area contributed by atoms with Crippen molar-refractivity contribution in [2.75, 3.05) is 20.0 Å². The summed E-state index contributed by atoms with van der Waals surface area (Å²) < 4.78 is 10.3. The minimum absolute atomic E-state index is 0.740. The molecule has 0 amide bonds. The van der Waals surface area contributed by atoms with E-state index >= 15 is 0 Å². The molecule has 0 aliphatic rings. The van der Waals surface area contributed by atoms with Crippen LogP contribution < -0.4 is 10.9 Å². The Balaban J connectivity index is 2.85. The fourth-order valence-electron chi connectivity index (χ4n) is 0.985. The molecule has 0 bridgehead atoms. The zero-order valence-electron chi connectivity index (χ0n) is 7.20. The summed E-state index contributed by atoms with van der Waals surface area (Å²) in [5.41, 5.74) is 6.35. The van der Waals surface area contributed by atoms with E-state index in [0.29, 0.717) is 0 Å². The van der Waals surface area contributed by atoms with Gasteiger partial charge in [-0.1, -0.05) is 12.1 Å². The van der Waals surface area contributed by atoms with E-state index in [1.54, 1.807) is 14.2 Å². The highest BCUT2D eigenvalue weighted by Crippen LogP contribution is 1.98. The number of rotatable bonds is 3. The Kier molecular flexibility index (Phi) is 3.27. The van der Waals surface area contributed by atoms with Gasteiger partial charge in [-0.15, -0.1) is 0 Å². The van der Waals surface area contributed by atoms with E-state index in [2.05, 4.69) is 0 Å². The van der Waals surface area contributed by atoms with E-state index in [4.69, 9.17) is 14.6 Å². The highest BCUT2D eigenvalue weighted by atomic mass is 28.3. The molecule has 0 spiro atoms. The number of hydrogen-bond acceptors (Lipinski definition) is 3. The average molecular weight is 182 g/mol. The Morgan fingerprint density at radius 1 is 1.25 bits per heavy atom.